The standard InChI is InChI=1S/C18H17F2N3O/c1-18(2,20)14-7-6-11(8-15(14)19)17(24)21-9-12-4-3-5-16-13(12)10-22-23-16/h3-8,10H,9H2,1-2H3,(H,21,24)(H,22,23). The molecule has 0 aliphatic rings. The van der Waals surface area contributed by atoms with Crippen LogP contribution in [-0.4, -0.2) is 16.1 Å². The van der Waals surface area contributed by atoms with E-state index in [1.54, 1.807) is 6.20 Å². The number of rotatable bonds is 4. The summed E-state index contributed by atoms with van der Waals surface area (Å²) in [6, 6.07) is 9.42. The lowest BCUT2D eigenvalue weighted by molar-refractivity contribution is 0.0950. The van der Waals surface area contributed by atoms with Crippen LogP contribution in [0.3, 0.4) is 0 Å². The number of carbonyl (C=O) groups excluding carboxylic acids is 1. The quantitative estimate of drug-likeness (QED) is 0.764. The predicted molar refractivity (Wildman–Crippen MR) is 87.8 cm³/mol. The summed E-state index contributed by atoms with van der Waals surface area (Å²) in [6.07, 6.45) is 1.69. The molecule has 124 valence electrons. The number of hydrogen-bond acceptors (Lipinski definition) is 2. The molecule has 2 N–H and O–H groups in total. The molecule has 1 aromatic heterocycles. The van der Waals surface area contributed by atoms with Gasteiger partial charge in [0.15, 0.2) is 0 Å². The number of nitrogens with zero attached hydrogens (tertiary/aromatic N) is 1. The van der Waals surface area contributed by atoms with Gasteiger partial charge in [0.05, 0.1) is 11.7 Å². The maximum absolute atomic E-state index is 14.0. The summed E-state index contributed by atoms with van der Waals surface area (Å²) < 4.78 is 27.9. The smallest absolute Gasteiger partial charge is 0.251 e. The summed E-state index contributed by atoms with van der Waals surface area (Å²) in [6.45, 7) is 2.83. The zero-order valence-electron chi connectivity index (χ0n) is 13.4. The molecule has 0 radical (unpaired) electrons. The summed E-state index contributed by atoms with van der Waals surface area (Å²) in [4.78, 5) is 12.2. The molecular weight excluding hydrogens is 312 g/mol. The molecule has 0 bridgehead atoms. The van der Waals surface area contributed by atoms with Crippen molar-refractivity contribution in [2.45, 2.75) is 26.1 Å². The van der Waals surface area contributed by atoms with Gasteiger partial charge in [-0.25, -0.2) is 8.78 Å². The lowest BCUT2D eigenvalue weighted by Crippen LogP contribution is -2.23. The van der Waals surface area contributed by atoms with Crippen LogP contribution in [0.15, 0.2) is 42.6 Å². The highest BCUT2D eigenvalue weighted by Crippen LogP contribution is 2.27. The Labute approximate surface area is 137 Å². The van der Waals surface area contributed by atoms with Crippen molar-refractivity contribution in [3.63, 3.8) is 0 Å². The normalized spacial score (nSPS) is 11.7. The van der Waals surface area contributed by atoms with Crippen LogP contribution in [0, 0.1) is 5.82 Å². The van der Waals surface area contributed by atoms with Crippen LogP contribution in [0.5, 0.6) is 0 Å². The Bertz CT molecular complexity index is 897. The number of hydrogen-bond donors (Lipinski definition) is 2. The van der Waals surface area contributed by atoms with Gasteiger partial charge in [0.1, 0.15) is 11.5 Å². The third-order valence-corrected chi connectivity index (χ3v) is 3.89. The van der Waals surface area contributed by atoms with Gasteiger partial charge in [-0.3, -0.25) is 9.89 Å². The van der Waals surface area contributed by atoms with Crippen LogP contribution in [0.2, 0.25) is 0 Å². The lowest BCUT2D eigenvalue weighted by atomic mass is 9.98. The van der Waals surface area contributed by atoms with E-state index in [0.29, 0.717) is 0 Å². The van der Waals surface area contributed by atoms with Crippen molar-refractivity contribution < 1.29 is 13.6 Å². The Morgan fingerprint density at radius 1 is 1.29 bits per heavy atom. The zero-order chi connectivity index (χ0) is 17.3. The largest absolute Gasteiger partial charge is 0.348 e. The average molecular weight is 329 g/mol. The van der Waals surface area contributed by atoms with Gasteiger partial charge in [-0.2, -0.15) is 5.10 Å². The van der Waals surface area contributed by atoms with Gasteiger partial charge in [0, 0.05) is 23.1 Å². The Balaban J connectivity index is 1.76. The van der Waals surface area contributed by atoms with E-state index in [2.05, 4.69) is 15.5 Å². The topological polar surface area (TPSA) is 57.8 Å². The summed E-state index contributed by atoms with van der Waals surface area (Å²) in [7, 11) is 0. The first-order chi connectivity index (χ1) is 11.4. The van der Waals surface area contributed by atoms with Crippen molar-refractivity contribution in [3.8, 4) is 0 Å². The van der Waals surface area contributed by atoms with Crippen molar-refractivity contribution >= 4 is 16.8 Å². The molecule has 0 atom stereocenters. The number of aromatic amines is 1. The highest BCUT2D eigenvalue weighted by molar-refractivity contribution is 5.94. The van der Waals surface area contributed by atoms with Crippen molar-refractivity contribution in [2.24, 2.45) is 0 Å². The SMILES string of the molecule is CC(C)(F)c1ccc(C(=O)NCc2cccc3[nH]ncc23)cc1F. The fourth-order valence-electron chi connectivity index (χ4n) is 2.60. The molecule has 0 unspecified atom stereocenters. The summed E-state index contributed by atoms with van der Waals surface area (Å²) in [5, 5.41) is 10.5. The van der Waals surface area contributed by atoms with E-state index in [0.717, 1.165) is 22.5 Å². The first-order valence-corrected chi connectivity index (χ1v) is 7.54. The number of aromatic nitrogens is 2. The molecule has 0 saturated carbocycles. The van der Waals surface area contributed by atoms with E-state index < -0.39 is 17.4 Å². The summed E-state index contributed by atoms with van der Waals surface area (Å²) in [5.41, 5.74) is 0.0664. The van der Waals surface area contributed by atoms with Crippen LogP contribution in [0.1, 0.15) is 35.3 Å². The Morgan fingerprint density at radius 3 is 2.79 bits per heavy atom. The van der Waals surface area contributed by atoms with Crippen molar-refractivity contribution in [3.05, 3.63) is 65.1 Å². The fraction of sp³-hybridized carbons (Fsp3) is 0.222. The molecule has 3 rings (SSSR count). The Kier molecular flexibility index (Phi) is 4.05. The van der Waals surface area contributed by atoms with Gasteiger partial charge in [-0.05, 0) is 37.6 Å². The second-order valence-electron chi connectivity index (χ2n) is 6.10. The zero-order valence-corrected chi connectivity index (χ0v) is 13.4. The monoisotopic (exact) mass is 329 g/mol. The molecule has 4 nitrogen and oxygen atoms in total. The number of H-pyrrole nitrogens is 1. The van der Waals surface area contributed by atoms with Gasteiger partial charge in [0.2, 0.25) is 0 Å². The molecule has 3 aromatic rings. The number of nitrogens with one attached hydrogen (secondary N) is 2. The van der Waals surface area contributed by atoms with Crippen molar-refractivity contribution in [1.29, 1.82) is 0 Å². The molecule has 0 aliphatic heterocycles. The van der Waals surface area contributed by atoms with E-state index >= 15 is 0 Å². The fourth-order valence-corrected chi connectivity index (χ4v) is 2.60. The number of benzene rings is 2. The number of alkyl halides is 1. The molecule has 1 heterocycles. The molecule has 0 saturated heterocycles. The van der Waals surface area contributed by atoms with E-state index in [-0.39, 0.29) is 17.7 Å². The summed E-state index contributed by atoms with van der Waals surface area (Å²) in [5.74, 6) is -1.15. The first-order valence-electron chi connectivity index (χ1n) is 7.54. The van der Waals surface area contributed by atoms with Crippen LogP contribution in [-0.2, 0) is 12.2 Å². The average Bonchev–Trinajstić information content (AvgIpc) is 3.00. The third-order valence-electron chi connectivity index (χ3n) is 3.89. The van der Waals surface area contributed by atoms with E-state index in [9.17, 15) is 13.6 Å². The van der Waals surface area contributed by atoms with Gasteiger partial charge in [-0.15, -0.1) is 0 Å². The van der Waals surface area contributed by atoms with Gasteiger partial charge < -0.3 is 5.32 Å². The molecule has 24 heavy (non-hydrogen) atoms. The van der Waals surface area contributed by atoms with Gasteiger partial charge in [-0.1, -0.05) is 18.2 Å². The van der Waals surface area contributed by atoms with Crippen LogP contribution >= 0.6 is 0 Å². The summed E-state index contributed by atoms with van der Waals surface area (Å²) >= 11 is 0. The molecule has 6 heteroatoms. The molecular formula is C18H17F2N3O. The molecule has 0 fully saturated rings. The predicted octanol–water partition coefficient (Wildman–Crippen LogP) is 3.84. The maximum atomic E-state index is 14.0. The Morgan fingerprint density at radius 2 is 2.08 bits per heavy atom. The van der Waals surface area contributed by atoms with E-state index in [1.807, 2.05) is 18.2 Å². The van der Waals surface area contributed by atoms with Crippen LogP contribution in [0.4, 0.5) is 8.78 Å². The Hall–Kier alpha value is -2.76. The van der Waals surface area contributed by atoms with Gasteiger partial charge >= 0.3 is 0 Å². The van der Waals surface area contributed by atoms with Crippen LogP contribution < -0.4 is 5.32 Å². The minimum absolute atomic E-state index is 0.0674. The minimum atomic E-state index is -1.80. The van der Waals surface area contributed by atoms with E-state index in [1.165, 1.54) is 26.0 Å². The van der Waals surface area contributed by atoms with Crippen molar-refractivity contribution in [1.82, 2.24) is 15.5 Å². The maximum Gasteiger partial charge on any atom is 0.251 e. The molecule has 1 amide bonds. The lowest BCUT2D eigenvalue weighted by Gasteiger charge is -2.16. The van der Waals surface area contributed by atoms with Crippen molar-refractivity contribution in [2.75, 3.05) is 0 Å². The molecule has 2 aromatic carbocycles. The van der Waals surface area contributed by atoms with Crippen LogP contribution in [0.25, 0.3) is 10.9 Å². The highest BCUT2D eigenvalue weighted by Gasteiger charge is 2.23. The number of amides is 1. The molecule has 0 spiro atoms. The number of fused-ring (bicyclic) bond motifs is 1. The number of halogens is 2. The first kappa shape index (κ1) is 16.1. The molecule has 0 aliphatic carbocycles. The van der Waals surface area contributed by atoms with Gasteiger partial charge in [0.25, 0.3) is 5.91 Å². The third kappa shape index (κ3) is 3.13. The second-order valence-corrected chi connectivity index (χ2v) is 6.10. The highest BCUT2D eigenvalue weighted by atomic mass is 19.1. The van der Waals surface area contributed by atoms with E-state index in [4.69, 9.17) is 0 Å². The second kappa shape index (κ2) is 6.03. The minimum Gasteiger partial charge on any atom is -0.348 e. The number of carbonyl (C=O) groups is 1.